The summed E-state index contributed by atoms with van der Waals surface area (Å²) in [7, 11) is 0. The Morgan fingerprint density at radius 2 is 2.15 bits per heavy atom. The topological polar surface area (TPSA) is 83.6 Å². The van der Waals surface area contributed by atoms with Crippen molar-refractivity contribution in [1.29, 1.82) is 5.26 Å². The average molecular weight is 372 g/mol. The molecule has 0 saturated heterocycles. The van der Waals surface area contributed by atoms with Crippen molar-refractivity contribution in [3.63, 3.8) is 0 Å². The van der Waals surface area contributed by atoms with Crippen LogP contribution in [0.5, 0.6) is 0 Å². The molecule has 0 fully saturated rings. The van der Waals surface area contributed by atoms with Crippen molar-refractivity contribution in [2.24, 2.45) is 5.92 Å². The van der Waals surface area contributed by atoms with Gasteiger partial charge in [0.25, 0.3) is 0 Å². The van der Waals surface area contributed by atoms with E-state index in [1.54, 1.807) is 6.92 Å². The maximum Gasteiger partial charge on any atom is 0.231 e. The number of aromatic nitrogens is 3. The molecule has 2 aromatic rings. The number of carbonyl (C=O) groups is 1. The van der Waals surface area contributed by atoms with Gasteiger partial charge in [-0.25, -0.2) is 0 Å². The predicted molar refractivity (Wildman–Crippen MR) is 104 cm³/mol. The Labute approximate surface area is 159 Å². The summed E-state index contributed by atoms with van der Waals surface area (Å²) < 4.78 is 2.00. The molecule has 0 spiro atoms. The fourth-order valence-electron chi connectivity index (χ4n) is 2.44. The van der Waals surface area contributed by atoms with Gasteiger partial charge in [-0.3, -0.25) is 4.79 Å². The van der Waals surface area contributed by atoms with E-state index in [0.29, 0.717) is 11.7 Å². The van der Waals surface area contributed by atoms with E-state index in [-0.39, 0.29) is 17.6 Å². The van der Waals surface area contributed by atoms with Crippen molar-refractivity contribution in [1.82, 2.24) is 20.1 Å². The molecule has 6 nitrogen and oxygen atoms in total. The fourth-order valence-corrected chi connectivity index (χ4v) is 3.24. The number of hydrogen-bond donors (Lipinski definition) is 1. The highest BCUT2D eigenvalue weighted by Gasteiger charge is 2.30. The van der Waals surface area contributed by atoms with Gasteiger partial charge in [0.05, 0.1) is 11.8 Å². The third-order valence-electron chi connectivity index (χ3n) is 4.43. The highest BCUT2D eigenvalue weighted by atomic mass is 32.2. The van der Waals surface area contributed by atoms with Crippen LogP contribution in [0.2, 0.25) is 0 Å². The van der Waals surface area contributed by atoms with Crippen LogP contribution in [-0.4, -0.2) is 32.0 Å². The molecule has 0 aliphatic carbocycles. The van der Waals surface area contributed by atoms with Crippen LogP contribution in [0.1, 0.15) is 33.3 Å². The zero-order chi connectivity index (χ0) is 19.3. The van der Waals surface area contributed by atoms with Gasteiger partial charge in [-0.05, 0) is 32.8 Å². The first kappa shape index (κ1) is 20.0. The van der Waals surface area contributed by atoms with Crippen LogP contribution in [-0.2, 0) is 11.3 Å². The molecule has 0 aliphatic rings. The van der Waals surface area contributed by atoms with Gasteiger partial charge in [-0.2, -0.15) is 5.26 Å². The Morgan fingerprint density at radius 3 is 2.73 bits per heavy atom. The molecule has 1 atom stereocenters. The minimum Gasteiger partial charge on any atom is -0.337 e. The standard InChI is InChI=1S/C19H25N5OS/c1-6-24-17(15-9-7-8-14(4)10-15)22-23-18(24)26-11-16(25)21-19(5,12-20)13(2)3/h7-10,13H,6,11H2,1-5H3,(H,21,25). The van der Waals surface area contributed by atoms with Crippen LogP contribution in [0.4, 0.5) is 0 Å². The van der Waals surface area contributed by atoms with Gasteiger partial charge in [0.15, 0.2) is 11.0 Å². The molecule has 0 saturated carbocycles. The van der Waals surface area contributed by atoms with Crippen LogP contribution in [0.25, 0.3) is 11.4 Å². The zero-order valence-electron chi connectivity index (χ0n) is 15.9. The molecule has 1 heterocycles. The Morgan fingerprint density at radius 1 is 1.42 bits per heavy atom. The Hall–Kier alpha value is -2.33. The number of rotatable bonds is 7. The Kier molecular flexibility index (Phi) is 6.43. The van der Waals surface area contributed by atoms with Gasteiger partial charge in [-0.1, -0.05) is 49.4 Å². The van der Waals surface area contributed by atoms with Gasteiger partial charge in [0.2, 0.25) is 5.91 Å². The normalized spacial score (nSPS) is 13.3. The van der Waals surface area contributed by atoms with Crippen LogP contribution >= 0.6 is 11.8 Å². The number of nitrogens with zero attached hydrogens (tertiary/aromatic N) is 4. The maximum absolute atomic E-state index is 12.3. The molecule has 1 aromatic heterocycles. The number of nitriles is 1. The molecule has 2 rings (SSSR count). The van der Waals surface area contributed by atoms with Crippen LogP contribution in [0.3, 0.4) is 0 Å². The van der Waals surface area contributed by atoms with E-state index in [1.807, 2.05) is 50.5 Å². The second-order valence-electron chi connectivity index (χ2n) is 6.73. The van der Waals surface area contributed by atoms with Crippen molar-refractivity contribution in [3.05, 3.63) is 29.8 Å². The summed E-state index contributed by atoms with van der Waals surface area (Å²) in [5.74, 6) is 0.822. The summed E-state index contributed by atoms with van der Waals surface area (Å²) in [6, 6.07) is 10.3. The van der Waals surface area contributed by atoms with E-state index in [1.165, 1.54) is 11.8 Å². The molecule has 0 aliphatic heterocycles. The number of carbonyl (C=O) groups excluding carboxylic acids is 1. The van der Waals surface area contributed by atoms with Crippen LogP contribution < -0.4 is 5.32 Å². The number of hydrogen-bond acceptors (Lipinski definition) is 5. The van der Waals surface area contributed by atoms with Crippen molar-refractivity contribution in [3.8, 4) is 17.5 Å². The summed E-state index contributed by atoms with van der Waals surface area (Å²) in [5, 5.41) is 21.4. The number of amides is 1. The monoisotopic (exact) mass is 371 g/mol. The number of thioether (sulfide) groups is 1. The van der Waals surface area contributed by atoms with Crippen LogP contribution in [0, 0.1) is 24.2 Å². The number of aryl methyl sites for hydroxylation is 1. The summed E-state index contributed by atoms with van der Waals surface area (Å²) in [4.78, 5) is 12.3. The fraction of sp³-hybridized carbons (Fsp3) is 0.474. The van der Waals surface area contributed by atoms with E-state index >= 15 is 0 Å². The molecule has 1 amide bonds. The minimum absolute atomic E-state index is 0.0219. The summed E-state index contributed by atoms with van der Waals surface area (Å²) >= 11 is 1.33. The van der Waals surface area contributed by atoms with Gasteiger partial charge in [0, 0.05) is 12.1 Å². The lowest BCUT2D eigenvalue weighted by atomic mass is 9.90. The van der Waals surface area contributed by atoms with Gasteiger partial charge in [-0.15, -0.1) is 10.2 Å². The molecular formula is C19H25N5OS. The lowest BCUT2D eigenvalue weighted by Gasteiger charge is -2.27. The molecule has 1 aromatic carbocycles. The quantitative estimate of drug-likeness (QED) is 0.754. The third-order valence-corrected chi connectivity index (χ3v) is 5.39. The third kappa shape index (κ3) is 4.44. The smallest absolute Gasteiger partial charge is 0.231 e. The minimum atomic E-state index is -0.872. The van der Waals surface area contributed by atoms with Gasteiger partial charge in [0.1, 0.15) is 5.54 Å². The van der Waals surface area contributed by atoms with Crippen molar-refractivity contribution in [2.75, 3.05) is 5.75 Å². The second-order valence-corrected chi connectivity index (χ2v) is 7.67. The first-order valence-corrected chi connectivity index (χ1v) is 9.64. The molecular weight excluding hydrogens is 346 g/mol. The van der Waals surface area contributed by atoms with E-state index in [2.05, 4.69) is 27.6 Å². The van der Waals surface area contributed by atoms with Gasteiger partial charge >= 0.3 is 0 Å². The average Bonchev–Trinajstić information content (AvgIpc) is 3.02. The number of nitrogens with one attached hydrogen (secondary N) is 1. The van der Waals surface area contributed by atoms with E-state index in [0.717, 1.165) is 17.0 Å². The Balaban J connectivity index is 2.12. The van der Waals surface area contributed by atoms with Crippen molar-refractivity contribution >= 4 is 17.7 Å². The summed E-state index contributed by atoms with van der Waals surface area (Å²) in [5.41, 5.74) is 1.29. The lowest BCUT2D eigenvalue weighted by molar-refractivity contribution is -0.120. The molecule has 0 bridgehead atoms. The molecule has 1 N–H and O–H groups in total. The van der Waals surface area contributed by atoms with E-state index in [9.17, 15) is 10.1 Å². The Bertz CT molecular complexity index is 824. The largest absolute Gasteiger partial charge is 0.337 e. The molecule has 26 heavy (non-hydrogen) atoms. The molecule has 1 unspecified atom stereocenters. The zero-order valence-corrected chi connectivity index (χ0v) is 16.7. The molecule has 0 radical (unpaired) electrons. The summed E-state index contributed by atoms with van der Waals surface area (Å²) in [6.45, 7) is 10.3. The predicted octanol–water partition coefficient (Wildman–Crippen LogP) is 3.42. The van der Waals surface area contributed by atoms with Crippen LogP contribution in [0.15, 0.2) is 29.4 Å². The highest BCUT2D eigenvalue weighted by Crippen LogP contribution is 2.25. The lowest BCUT2D eigenvalue weighted by Crippen LogP contribution is -2.49. The first-order valence-electron chi connectivity index (χ1n) is 8.66. The second kappa shape index (κ2) is 8.37. The maximum atomic E-state index is 12.3. The van der Waals surface area contributed by atoms with Gasteiger partial charge < -0.3 is 9.88 Å². The SMILES string of the molecule is CCn1c(SCC(=O)NC(C)(C#N)C(C)C)nnc1-c1cccc(C)c1. The van der Waals surface area contributed by atoms with E-state index < -0.39 is 5.54 Å². The highest BCUT2D eigenvalue weighted by molar-refractivity contribution is 7.99. The first-order chi connectivity index (χ1) is 12.3. The molecule has 7 heteroatoms. The van der Waals surface area contributed by atoms with Crippen molar-refractivity contribution in [2.45, 2.75) is 51.9 Å². The van der Waals surface area contributed by atoms with E-state index in [4.69, 9.17) is 0 Å². The van der Waals surface area contributed by atoms with Crippen molar-refractivity contribution < 1.29 is 4.79 Å². The molecule has 138 valence electrons. The number of benzene rings is 1. The summed E-state index contributed by atoms with van der Waals surface area (Å²) in [6.07, 6.45) is 0.